The maximum absolute atomic E-state index is 5.97. The average Bonchev–Trinajstić information content (AvgIpc) is 3.04. The second-order valence-corrected chi connectivity index (χ2v) is 6.37. The van der Waals surface area contributed by atoms with Crippen LogP contribution in [-0.4, -0.2) is 15.0 Å². The summed E-state index contributed by atoms with van der Waals surface area (Å²) in [7, 11) is 0. The first kappa shape index (κ1) is 12.8. The second-order valence-electron chi connectivity index (χ2n) is 3.95. The molecule has 0 saturated heterocycles. The lowest BCUT2D eigenvalue weighted by molar-refractivity contribution is 1.12. The van der Waals surface area contributed by atoms with Gasteiger partial charge in [0.25, 0.3) is 0 Å². The largest absolute Gasteiger partial charge is 0.364 e. The van der Waals surface area contributed by atoms with Gasteiger partial charge in [-0.3, -0.25) is 4.98 Å². The summed E-state index contributed by atoms with van der Waals surface area (Å²) in [5.41, 5.74) is 1.82. The summed E-state index contributed by atoms with van der Waals surface area (Å²) in [6.07, 6.45) is 2.84. The minimum Gasteiger partial charge on any atom is -0.364 e. The van der Waals surface area contributed by atoms with Crippen molar-refractivity contribution in [2.45, 2.75) is 19.9 Å². The maximum Gasteiger partial charge on any atom is 0.225 e. The zero-order valence-corrected chi connectivity index (χ0v) is 12.6. The van der Waals surface area contributed by atoms with Crippen LogP contribution in [0.15, 0.2) is 17.8 Å². The van der Waals surface area contributed by atoms with Crippen molar-refractivity contribution < 1.29 is 0 Å². The van der Waals surface area contributed by atoms with Crippen LogP contribution in [0.5, 0.6) is 0 Å². The number of hydrogen-bond acceptors (Lipinski definition) is 6. The first-order chi connectivity index (χ1) is 9.26. The first-order valence-corrected chi connectivity index (χ1v) is 7.91. The molecule has 0 amide bonds. The predicted molar refractivity (Wildman–Crippen MR) is 81.2 cm³/mol. The number of anilines is 1. The Morgan fingerprint density at radius 2 is 2.21 bits per heavy atom. The molecule has 19 heavy (non-hydrogen) atoms. The second kappa shape index (κ2) is 5.40. The van der Waals surface area contributed by atoms with Crippen LogP contribution in [0.25, 0.3) is 10.2 Å². The lowest BCUT2D eigenvalue weighted by atomic mass is 10.3. The van der Waals surface area contributed by atoms with E-state index >= 15 is 0 Å². The SMILES string of the molecule is CCc1cc2c(NCc3cncs3)nc(Cl)nc2s1. The quantitative estimate of drug-likeness (QED) is 0.741. The highest BCUT2D eigenvalue weighted by atomic mass is 35.5. The minimum absolute atomic E-state index is 0.281. The van der Waals surface area contributed by atoms with Crippen LogP contribution >= 0.6 is 34.3 Å². The number of rotatable bonds is 4. The minimum atomic E-state index is 0.281. The van der Waals surface area contributed by atoms with Crippen molar-refractivity contribution in [2.24, 2.45) is 0 Å². The Kier molecular flexibility index (Phi) is 3.63. The van der Waals surface area contributed by atoms with Crippen molar-refractivity contribution in [1.82, 2.24) is 15.0 Å². The molecule has 0 atom stereocenters. The van der Waals surface area contributed by atoms with E-state index in [0.29, 0.717) is 6.54 Å². The molecule has 0 fully saturated rings. The molecule has 0 aromatic carbocycles. The number of thiophene rings is 1. The van der Waals surface area contributed by atoms with Crippen molar-refractivity contribution in [3.63, 3.8) is 0 Å². The average molecular weight is 311 g/mol. The number of nitrogens with zero attached hydrogens (tertiary/aromatic N) is 3. The monoisotopic (exact) mass is 310 g/mol. The standard InChI is InChI=1S/C12H11ClN4S2/c1-2-7-3-9-10(15-5-8-4-14-6-18-8)16-12(13)17-11(9)19-7/h3-4,6H,2,5H2,1H3,(H,15,16,17). The molecule has 3 rings (SSSR count). The molecule has 1 N–H and O–H groups in total. The topological polar surface area (TPSA) is 50.7 Å². The van der Waals surface area contributed by atoms with Crippen molar-refractivity contribution in [3.8, 4) is 0 Å². The Balaban J connectivity index is 1.94. The van der Waals surface area contributed by atoms with Gasteiger partial charge in [0.15, 0.2) is 0 Å². The highest BCUT2D eigenvalue weighted by molar-refractivity contribution is 7.18. The van der Waals surface area contributed by atoms with Gasteiger partial charge in [-0.2, -0.15) is 0 Å². The molecule has 98 valence electrons. The van der Waals surface area contributed by atoms with Crippen LogP contribution in [0.1, 0.15) is 16.7 Å². The van der Waals surface area contributed by atoms with Gasteiger partial charge < -0.3 is 5.32 Å². The van der Waals surface area contributed by atoms with E-state index in [1.54, 1.807) is 22.7 Å². The molecule has 4 nitrogen and oxygen atoms in total. The molecule has 0 radical (unpaired) electrons. The van der Waals surface area contributed by atoms with Crippen LogP contribution < -0.4 is 5.32 Å². The summed E-state index contributed by atoms with van der Waals surface area (Å²) in [5.74, 6) is 0.791. The summed E-state index contributed by atoms with van der Waals surface area (Å²) < 4.78 is 0. The Morgan fingerprint density at radius 3 is 2.95 bits per heavy atom. The Morgan fingerprint density at radius 1 is 1.32 bits per heavy atom. The molecule has 7 heteroatoms. The van der Waals surface area contributed by atoms with Crippen molar-refractivity contribution in [2.75, 3.05) is 5.32 Å². The van der Waals surface area contributed by atoms with Gasteiger partial charge in [-0.05, 0) is 24.1 Å². The number of aryl methyl sites for hydroxylation is 1. The molecule has 3 aromatic heterocycles. The Labute approximate surface area is 123 Å². The summed E-state index contributed by atoms with van der Waals surface area (Å²) >= 11 is 9.25. The van der Waals surface area contributed by atoms with E-state index in [2.05, 4.69) is 33.3 Å². The number of fused-ring (bicyclic) bond motifs is 1. The zero-order valence-electron chi connectivity index (χ0n) is 10.2. The summed E-state index contributed by atoms with van der Waals surface area (Å²) in [4.78, 5) is 16.0. The molecular weight excluding hydrogens is 300 g/mol. The van der Waals surface area contributed by atoms with E-state index in [1.807, 2.05) is 11.7 Å². The molecule has 0 saturated carbocycles. The van der Waals surface area contributed by atoms with Gasteiger partial charge in [-0.1, -0.05) is 6.92 Å². The molecule has 0 aliphatic carbocycles. The van der Waals surface area contributed by atoms with Crippen LogP contribution in [-0.2, 0) is 13.0 Å². The fraction of sp³-hybridized carbons (Fsp3) is 0.250. The zero-order chi connectivity index (χ0) is 13.2. The number of hydrogen-bond donors (Lipinski definition) is 1. The summed E-state index contributed by atoms with van der Waals surface area (Å²) in [6, 6.07) is 2.13. The molecule has 0 bridgehead atoms. The van der Waals surface area contributed by atoms with E-state index < -0.39 is 0 Å². The van der Waals surface area contributed by atoms with Crippen LogP contribution in [0.3, 0.4) is 0 Å². The van der Waals surface area contributed by atoms with Gasteiger partial charge in [-0.25, -0.2) is 9.97 Å². The van der Waals surface area contributed by atoms with Gasteiger partial charge in [-0.15, -0.1) is 22.7 Å². The molecule has 3 aromatic rings. The summed E-state index contributed by atoms with van der Waals surface area (Å²) in [6.45, 7) is 2.83. The van der Waals surface area contributed by atoms with E-state index in [1.165, 1.54) is 4.88 Å². The molecule has 0 aliphatic heterocycles. The van der Waals surface area contributed by atoms with Crippen LogP contribution in [0, 0.1) is 0 Å². The first-order valence-electron chi connectivity index (χ1n) is 5.83. The highest BCUT2D eigenvalue weighted by Crippen LogP contribution is 2.30. The van der Waals surface area contributed by atoms with Gasteiger partial charge in [0, 0.05) is 16.0 Å². The Hall–Kier alpha value is -1.24. The molecule has 3 heterocycles. The smallest absolute Gasteiger partial charge is 0.225 e. The van der Waals surface area contributed by atoms with Gasteiger partial charge in [0.2, 0.25) is 5.28 Å². The predicted octanol–water partition coefficient (Wildman–Crippen LogP) is 3.98. The third-order valence-electron chi connectivity index (χ3n) is 2.68. The number of thiazole rings is 1. The molecular formula is C12H11ClN4S2. The maximum atomic E-state index is 5.97. The number of halogens is 1. The van der Waals surface area contributed by atoms with Crippen molar-refractivity contribution >= 4 is 50.3 Å². The Bertz CT molecular complexity index is 693. The lowest BCUT2D eigenvalue weighted by Gasteiger charge is -2.05. The van der Waals surface area contributed by atoms with Gasteiger partial charge in [0.05, 0.1) is 17.4 Å². The van der Waals surface area contributed by atoms with Crippen LogP contribution in [0.2, 0.25) is 5.28 Å². The number of aromatic nitrogens is 3. The summed E-state index contributed by atoms with van der Waals surface area (Å²) in [5, 5.41) is 4.63. The van der Waals surface area contributed by atoms with Gasteiger partial charge in [0.1, 0.15) is 10.6 Å². The third kappa shape index (κ3) is 2.70. The van der Waals surface area contributed by atoms with E-state index in [4.69, 9.17) is 11.6 Å². The molecule has 0 spiro atoms. The lowest BCUT2D eigenvalue weighted by Crippen LogP contribution is -2.01. The molecule has 0 aliphatic rings. The van der Waals surface area contributed by atoms with Crippen LogP contribution in [0.4, 0.5) is 5.82 Å². The van der Waals surface area contributed by atoms with E-state index in [0.717, 1.165) is 27.3 Å². The fourth-order valence-corrected chi connectivity index (χ4v) is 3.48. The number of nitrogens with one attached hydrogen (secondary N) is 1. The molecule has 0 unspecified atom stereocenters. The van der Waals surface area contributed by atoms with Crippen molar-refractivity contribution in [1.29, 1.82) is 0 Å². The third-order valence-corrected chi connectivity index (χ3v) is 4.80. The fourth-order valence-electron chi connectivity index (χ4n) is 1.75. The van der Waals surface area contributed by atoms with Gasteiger partial charge >= 0.3 is 0 Å². The highest BCUT2D eigenvalue weighted by Gasteiger charge is 2.10. The van der Waals surface area contributed by atoms with E-state index in [-0.39, 0.29) is 5.28 Å². The van der Waals surface area contributed by atoms with Crippen molar-refractivity contribution in [3.05, 3.63) is 32.8 Å². The normalized spacial score (nSPS) is 11.1. The van der Waals surface area contributed by atoms with E-state index in [9.17, 15) is 0 Å².